The molecule has 0 aliphatic rings. The lowest BCUT2D eigenvalue weighted by Gasteiger charge is -2.08. The topological polar surface area (TPSA) is 141 Å². The molecular weight excluding hydrogens is 438 g/mol. The zero-order valence-corrected chi connectivity index (χ0v) is 17.8. The van der Waals surface area contributed by atoms with Gasteiger partial charge in [0.05, 0.1) is 17.7 Å². The number of carboxylic acids is 1. The van der Waals surface area contributed by atoms with Crippen LogP contribution in [0.5, 0.6) is 5.75 Å². The summed E-state index contributed by atoms with van der Waals surface area (Å²) in [6.07, 6.45) is 0. The third-order valence-electron chi connectivity index (χ3n) is 4.60. The van der Waals surface area contributed by atoms with Crippen molar-refractivity contribution in [1.82, 2.24) is 0 Å². The molecule has 4 aromatic rings. The number of furan rings is 1. The van der Waals surface area contributed by atoms with Crippen LogP contribution < -0.4 is 20.9 Å². The van der Waals surface area contributed by atoms with Gasteiger partial charge in [0.1, 0.15) is 11.3 Å². The van der Waals surface area contributed by atoms with E-state index in [0.29, 0.717) is 32.6 Å². The molecule has 4 rings (SSSR count). The summed E-state index contributed by atoms with van der Waals surface area (Å²) in [7, 11) is 1.53. The Hall–Kier alpha value is -3.47. The number of ether oxygens (including phenoxy) is 1. The number of carboxylic acid groups (broad SMARTS) is 1. The average Bonchev–Trinajstić information content (AvgIpc) is 3.37. The van der Waals surface area contributed by atoms with Crippen molar-refractivity contribution in [2.75, 3.05) is 18.2 Å². The highest BCUT2D eigenvalue weighted by Crippen LogP contribution is 2.40. The number of aromatic carboxylic acids is 1. The molecular formula is C21H17N3O5S2. The number of amides is 1. The van der Waals surface area contributed by atoms with Crippen LogP contribution in [-0.4, -0.2) is 24.1 Å². The highest BCUT2D eigenvalue weighted by molar-refractivity contribution is 7.97. The summed E-state index contributed by atoms with van der Waals surface area (Å²) < 4.78 is 11.2. The Morgan fingerprint density at radius 1 is 1.23 bits per heavy atom. The molecule has 0 aliphatic carbocycles. The Labute approximate surface area is 184 Å². The molecule has 1 amide bonds. The summed E-state index contributed by atoms with van der Waals surface area (Å²) in [6, 6.07) is 11.9. The van der Waals surface area contributed by atoms with E-state index in [-0.39, 0.29) is 16.8 Å². The van der Waals surface area contributed by atoms with Crippen LogP contribution in [0.25, 0.3) is 21.6 Å². The fourth-order valence-electron chi connectivity index (χ4n) is 3.14. The Morgan fingerprint density at radius 3 is 2.71 bits per heavy atom. The molecule has 0 spiro atoms. The molecule has 0 bridgehead atoms. The van der Waals surface area contributed by atoms with Gasteiger partial charge in [-0.2, -0.15) is 0 Å². The lowest BCUT2D eigenvalue weighted by Crippen LogP contribution is -2.14. The van der Waals surface area contributed by atoms with Crippen LogP contribution in [0.4, 0.5) is 11.4 Å². The van der Waals surface area contributed by atoms with Crippen molar-refractivity contribution < 1.29 is 23.8 Å². The number of nitrogens with two attached hydrogens (primary N) is 2. The number of carbonyl (C=O) groups is 2. The number of nitrogen functional groups attached to an aromatic ring is 1. The van der Waals surface area contributed by atoms with E-state index < -0.39 is 11.9 Å². The zero-order chi connectivity index (χ0) is 22.1. The first kappa shape index (κ1) is 20.8. The van der Waals surface area contributed by atoms with Crippen LogP contribution in [0.2, 0.25) is 0 Å². The second-order valence-corrected chi connectivity index (χ2v) is 8.03. The third-order valence-corrected chi connectivity index (χ3v) is 6.22. The van der Waals surface area contributed by atoms with Crippen molar-refractivity contribution in [3.05, 3.63) is 59.0 Å². The van der Waals surface area contributed by atoms with Gasteiger partial charge in [-0.05, 0) is 42.3 Å². The van der Waals surface area contributed by atoms with Gasteiger partial charge in [0.2, 0.25) is 0 Å². The highest BCUT2D eigenvalue weighted by atomic mass is 32.2. The van der Waals surface area contributed by atoms with Gasteiger partial charge in [0.25, 0.3) is 5.91 Å². The number of carbonyl (C=O) groups excluding carboxylic acids is 1. The number of thiophene rings is 1. The molecule has 0 atom stereocenters. The highest BCUT2D eigenvalue weighted by Gasteiger charge is 2.24. The van der Waals surface area contributed by atoms with Gasteiger partial charge >= 0.3 is 5.97 Å². The third kappa shape index (κ3) is 3.83. The van der Waals surface area contributed by atoms with Crippen LogP contribution in [0.15, 0.2) is 57.2 Å². The van der Waals surface area contributed by atoms with Crippen molar-refractivity contribution in [1.29, 1.82) is 0 Å². The van der Waals surface area contributed by atoms with E-state index in [1.807, 2.05) is 12.1 Å². The number of rotatable bonds is 6. The number of anilines is 2. The molecule has 10 heteroatoms. The van der Waals surface area contributed by atoms with Crippen LogP contribution in [0, 0.1) is 0 Å². The van der Waals surface area contributed by atoms with Crippen LogP contribution in [0.3, 0.4) is 0 Å². The van der Waals surface area contributed by atoms with Crippen molar-refractivity contribution in [3.8, 4) is 16.4 Å². The van der Waals surface area contributed by atoms with E-state index in [1.54, 1.807) is 29.6 Å². The minimum absolute atomic E-state index is 0.0570. The Bertz CT molecular complexity index is 1310. The van der Waals surface area contributed by atoms with Gasteiger partial charge < -0.3 is 25.3 Å². The number of para-hydroxylation sites is 1. The van der Waals surface area contributed by atoms with Gasteiger partial charge in [-0.3, -0.25) is 9.93 Å². The minimum Gasteiger partial charge on any atom is -0.493 e. The molecule has 2 aromatic heterocycles. The molecule has 0 fully saturated rings. The second-order valence-electron chi connectivity index (χ2n) is 6.47. The Morgan fingerprint density at radius 2 is 2.03 bits per heavy atom. The minimum atomic E-state index is -1.19. The maximum atomic E-state index is 12.7. The second kappa shape index (κ2) is 8.34. The van der Waals surface area contributed by atoms with Gasteiger partial charge in [-0.15, -0.1) is 11.3 Å². The summed E-state index contributed by atoms with van der Waals surface area (Å²) in [5, 5.41) is 20.3. The summed E-state index contributed by atoms with van der Waals surface area (Å²) in [5.74, 6) is -0.759. The maximum Gasteiger partial charge on any atom is 0.339 e. The number of benzene rings is 2. The van der Waals surface area contributed by atoms with E-state index in [2.05, 4.69) is 5.32 Å². The van der Waals surface area contributed by atoms with Gasteiger partial charge in [0, 0.05) is 26.9 Å². The Kier molecular flexibility index (Phi) is 5.59. The van der Waals surface area contributed by atoms with Gasteiger partial charge in [0.15, 0.2) is 11.3 Å². The number of nitrogens with one attached hydrogen (secondary N) is 1. The fraction of sp³-hybridized carbons (Fsp3) is 0.0476. The largest absolute Gasteiger partial charge is 0.493 e. The first-order valence-corrected chi connectivity index (χ1v) is 10.7. The monoisotopic (exact) mass is 455 g/mol. The molecule has 0 saturated heterocycles. The SMILES string of the molecule is COc1cccc2cc(-c3scc(NC(=O)c4ccc(SN)c(N)c4)c3C(=O)O)oc12. The fourth-order valence-corrected chi connectivity index (χ4v) is 4.43. The molecule has 0 unspecified atom stereocenters. The van der Waals surface area contributed by atoms with Crippen molar-refractivity contribution >= 4 is 57.5 Å². The first-order valence-electron chi connectivity index (χ1n) is 8.92. The number of hydrogen-bond acceptors (Lipinski definition) is 8. The summed E-state index contributed by atoms with van der Waals surface area (Å²) in [5.41, 5.74) is 7.16. The van der Waals surface area contributed by atoms with Gasteiger partial charge in [-0.25, -0.2) is 4.79 Å². The van der Waals surface area contributed by atoms with Crippen molar-refractivity contribution in [3.63, 3.8) is 0 Å². The summed E-state index contributed by atoms with van der Waals surface area (Å²) in [6.45, 7) is 0. The lowest BCUT2D eigenvalue weighted by molar-refractivity contribution is 0.0699. The van der Waals surface area contributed by atoms with E-state index in [4.69, 9.17) is 20.0 Å². The number of fused-ring (bicyclic) bond motifs is 1. The predicted octanol–water partition coefficient (Wildman–Crippen LogP) is 4.67. The number of hydrogen-bond donors (Lipinski definition) is 4. The van der Waals surface area contributed by atoms with Crippen LogP contribution in [0.1, 0.15) is 20.7 Å². The molecule has 2 aromatic carbocycles. The average molecular weight is 456 g/mol. The molecule has 0 saturated carbocycles. The molecule has 158 valence electrons. The molecule has 8 nitrogen and oxygen atoms in total. The Balaban J connectivity index is 1.71. The van der Waals surface area contributed by atoms with Gasteiger partial charge in [-0.1, -0.05) is 12.1 Å². The zero-order valence-electron chi connectivity index (χ0n) is 16.2. The maximum absolute atomic E-state index is 12.7. The summed E-state index contributed by atoms with van der Waals surface area (Å²) in [4.78, 5) is 25.7. The normalized spacial score (nSPS) is 10.9. The first-order chi connectivity index (χ1) is 14.9. The molecule has 6 N–H and O–H groups in total. The van der Waals surface area contributed by atoms with Crippen LogP contribution >= 0.6 is 23.3 Å². The number of methoxy groups -OCH3 is 1. The van der Waals surface area contributed by atoms with E-state index in [9.17, 15) is 14.7 Å². The van der Waals surface area contributed by atoms with Crippen LogP contribution in [-0.2, 0) is 0 Å². The van der Waals surface area contributed by atoms with E-state index in [1.165, 1.54) is 13.2 Å². The molecule has 0 aliphatic heterocycles. The smallest absolute Gasteiger partial charge is 0.339 e. The standard InChI is InChI=1S/C21H17N3O5S2/c1-28-14-4-2-3-10-8-15(29-18(10)14)19-17(21(26)27)13(9-30-19)24-20(25)11-5-6-16(31-23)12(22)7-11/h2-9H,22-23H2,1H3,(H,24,25)(H,26,27). The molecule has 2 heterocycles. The summed E-state index contributed by atoms with van der Waals surface area (Å²) >= 11 is 2.14. The molecule has 0 radical (unpaired) electrons. The van der Waals surface area contributed by atoms with Crippen molar-refractivity contribution in [2.24, 2.45) is 5.14 Å². The molecule has 31 heavy (non-hydrogen) atoms. The van der Waals surface area contributed by atoms with E-state index >= 15 is 0 Å². The van der Waals surface area contributed by atoms with E-state index in [0.717, 1.165) is 28.7 Å². The quantitative estimate of drug-likeness (QED) is 0.243. The lowest BCUT2D eigenvalue weighted by atomic mass is 10.1. The predicted molar refractivity (Wildman–Crippen MR) is 122 cm³/mol. The van der Waals surface area contributed by atoms with Crippen molar-refractivity contribution in [2.45, 2.75) is 4.90 Å².